The van der Waals surface area contributed by atoms with Crippen LogP contribution in [0.25, 0.3) is 0 Å². The van der Waals surface area contributed by atoms with Crippen LogP contribution in [0.3, 0.4) is 0 Å². The minimum atomic E-state index is -0.779. The van der Waals surface area contributed by atoms with E-state index in [-0.39, 0.29) is 29.8 Å². The number of carboxylic acid groups (broad SMARTS) is 1. The molecule has 1 amide bonds. The Bertz CT molecular complexity index is 1010. The van der Waals surface area contributed by atoms with E-state index in [4.69, 9.17) is 4.74 Å². The Morgan fingerprint density at radius 1 is 1.21 bits per heavy atom. The van der Waals surface area contributed by atoms with Crippen LogP contribution in [-0.2, 0) is 16.0 Å². The fraction of sp³-hybridized carbons (Fsp3) is 0.688. The van der Waals surface area contributed by atoms with E-state index in [0.29, 0.717) is 19.6 Å². The topological polar surface area (TPSA) is 70.1 Å². The molecule has 3 atom stereocenters. The van der Waals surface area contributed by atoms with Crippen molar-refractivity contribution in [3.63, 3.8) is 0 Å². The highest BCUT2D eigenvalue weighted by Gasteiger charge is 2.48. The van der Waals surface area contributed by atoms with Gasteiger partial charge in [-0.25, -0.2) is 0 Å². The first-order chi connectivity index (χ1) is 18.3. The molecule has 2 aliphatic rings. The second-order valence-electron chi connectivity index (χ2n) is 13.2. The molecule has 0 aromatic heterocycles. The summed E-state index contributed by atoms with van der Waals surface area (Å²) in [6.45, 7) is 12.5. The molecule has 39 heavy (non-hydrogen) atoms. The quantitative estimate of drug-likeness (QED) is 0.270. The summed E-state index contributed by atoms with van der Waals surface area (Å²) in [7, 11) is 6.53. The molecule has 0 spiro atoms. The first-order valence-corrected chi connectivity index (χ1v) is 14.8. The third-order valence-electron chi connectivity index (χ3n) is 8.26. The second kappa shape index (κ2) is 13.3. The number of aliphatic carboxylic acids is 1. The van der Waals surface area contributed by atoms with Crippen LogP contribution in [0.4, 0.5) is 0 Å². The zero-order valence-corrected chi connectivity index (χ0v) is 25.4. The van der Waals surface area contributed by atoms with Crippen LogP contribution >= 0.6 is 0 Å². The largest absolute Gasteiger partial charge is 0.493 e. The molecular weight excluding hydrogens is 490 g/mol. The number of carboxylic acids is 1. The van der Waals surface area contributed by atoms with E-state index < -0.39 is 11.9 Å². The van der Waals surface area contributed by atoms with Crippen molar-refractivity contribution >= 4 is 11.9 Å². The van der Waals surface area contributed by atoms with Crippen LogP contribution < -0.4 is 4.74 Å². The van der Waals surface area contributed by atoms with Gasteiger partial charge in [0.25, 0.3) is 0 Å². The van der Waals surface area contributed by atoms with E-state index >= 15 is 0 Å². The first kappa shape index (κ1) is 31.2. The van der Waals surface area contributed by atoms with Crippen molar-refractivity contribution < 1.29 is 23.9 Å². The van der Waals surface area contributed by atoms with E-state index in [0.717, 1.165) is 66.7 Å². The van der Waals surface area contributed by atoms with Crippen molar-refractivity contribution in [3.05, 3.63) is 41.5 Å². The summed E-state index contributed by atoms with van der Waals surface area (Å²) >= 11 is 0. The Morgan fingerprint density at radius 2 is 1.92 bits per heavy atom. The maximum absolute atomic E-state index is 13.8. The van der Waals surface area contributed by atoms with E-state index in [1.807, 2.05) is 30.0 Å². The minimum Gasteiger partial charge on any atom is -0.493 e. The van der Waals surface area contributed by atoms with E-state index in [1.165, 1.54) is 0 Å². The van der Waals surface area contributed by atoms with Gasteiger partial charge in [-0.3, -0.25) is 14.5 Å². The number of benzene rings is 1. The van der Waals surface area contributed by atoms with Crippen LogP contribution in [0.5, 0.6) is 5.75 Å². The number of hydrogen-bond donors (Lipinski definition) is 1. The molecule has 7 heteroatoms. The molecule has 1 unspecified atom stereocenters. The summed E-state index contributed by atoms with van der Waals surface area (Å²) in [6.07, 6.45) is 8.70. The number of likely N-dealkylation sites (tertiary alicyclic amines) is 1. The molecule has 1 saturated heterocycles. The number of allylic oxidation sites excluding steroid dienone is 2. The van der Waals surface area contributed by atoms with Crippen LogP contribution in [0, 0.1) is 11.3 Å². The molecule has 3 rings (SSSR count). The Kier molecular flexibility index (Phi) is 10.6. The van der Waals surface area contributed by atoms with Crippen molar-refractivity contribution in [2.45, 2.75) is 71.8 Å². The number of fused-ring (bicyclic) bond motifs is 1. The third kappa shape index (κ3) is 8.55. The maximum Gasteiger partial charge on any atom is 0.308 e. The van der Waals surface area contributed by atoms with Crippen molar-refractivity contribution in [1.29, 1.82) is 0 Å². The summed E-state index contributed by atoms with van der Waals surface area (Å²) in [4.78, 5) is 30.8. The maximum atomic E-state index is 13.8. The number of ether oxygens (including phenoxy) is 1. The van der Waals surface area contributed by atoms with E-state index in [9.17, 15) is 14.7 Å². The molecule has 1 N–H and O–H groups in total. The predicted octanol–water partition coefficient (Wildman–Crippen LogP) is 4.81. The van der Waals surface area contributed by atoms with Crippen molar-refractivity contribution in [1.82, 2.24) is 9.80 Å². The van der Waals surface area contributed by atoms with Crippen LogP contribution in [0.15, 0.2) is 30.4 Å². The zero-order valence-electron chi connectivity index (χ0n) is 25.4. The van der Waals surface area contributed by atoms with Crippen molar-refractivity contribution in [2.75, 3.05) is 60.5 Å². The summed E-state index contributed by atoms with van der Waals surface area (Å²) in [5, 5.41) is 10.5. The Morgan fingerprint density at radius 3 is 2.56 bits per heavy atom. The van der Waals surface area contributed by atoms with Crippen molar-refractivity contribution in [2.24, 2.45) is 11.3 Å². The van der Waals surface area contributed by atoms with Crippen LogP contribution in [0.2, 0.25) is 0 Å². The van der Waals surface area contributed by atoms with Gasteiger partial charge in [-0.05, 0) is 42.4 Å². The van der Waals surface area contributed by atoms with Gasteiger partial charge in [0.2, 0.25) is 5.91 Å². The fourth-order valence-electron chi connectivity index (χ4n) is 6.30. The monoisotopic (exact) mass is 542 g/mol. The lowest BCUT2D eigenvalue weighted by molar-refractivity contribution is -0.870. The molecule has 0 bridgehead atoms. The minimum absolute atomic E-state index is 0.117. The van der Waals surface area contributed by atoms with Gasteiger partial charge < -0.3 is 19.2 Å². The predicted molar refractivity (Wildman–Crippen MR) is 157 cm³/mol. The third-order valence-corrected chi connectivity index (χ3v) is 8.26. The van der Waals surface area contributed by atoms with Gasteiger partial charge in [-0.2, -0.15) is 0 Å². The van der Waals surface area contributed by atoms with Crippen LogP contribution in [-0.4, -0.2) is 97.8 Å². The molecule has 1 fully saturated rings. The van der Waals surface area contributed by atoms with Gasteiger partial charge in [0.05, 0.1) is 46.8 Å². The summed E-state index contributed by atoms with van der Waals surface area (Å²) in [5.41, 5.74) is 2.02. The highest BCUT2D eigenvalue weighted by molar-refractivity contribution is 5.79. The average Bonchev–Trinajstić information content (AvgIpc) is 3.44. The second-order valence-corrected chi connectivity index (χ2v) is 13.2. The number of nitrogens with zero attached hydrogens (tertiary/aromatic N) is 3. The summed E-state index contributed by atoms with van der Waals surface area (Å²) < 4.78 is 6.58. The van der Waals surface area contributed by atoms with Crippen molar-refractivity contribution in [3.8, 4) is 5.75 Å². The molecule has 0 radical (unpaired) electrons. The number of quaternary nitrogens is 1. The molecule has 1 aromatic rings. The lowest BCUT2D eigenvalue weighted by Crippen LogP contribution is -2.46. The lowest BCUT2D eigenvalue weighted by atomic mass is 9.77. The van der Waals surface area contributed by atoms with E-state index in [2.05, 4.69) is 59.0 Å². The number of amides is 1. The Hall–Kier alpha value is -2.38. The molecule has 0 aliphatic carbocycles. The Balaban J connectivity index is 1.88. The standard InChI is InChI=1S/C32H51N3O4/c1-8-10-16-33(17-11-18-35(5,6)7)29(36)23-34-22-26(24-12-13-28-25(20-24)14-19-39-28)30(31(37)38)27(34)21-32(3,4)15-9-2/h9,12-13,15,20,26-27,30H,8,10-11,14,16-19,21-23H2,1-7H3/p+1/t26-,27+,30?/m1/s1. The molecule has 218 valence electrons. The highest BCUT2D eigenvalue weighted by Crippen LogP contribution is 2.43. The molecule has 0 saturated carbocycles. The van der Waals surface area contributed by atoms with Gasteiger partial charge >= 0.3 is 5.97 Å². The fourth-order valence-corrected chi connectivity index (χ4v) is 6.30. The first-order valence-electron chi connectivity index (χ1n) is 14.8. The number of rotatable bonds is 14. The van der Waals surface area contributed by atoms with Gasteiger partial charge in [0.15, 0.2) is 0 Å². The summed E-state index contributed by atoms with van der Waals surface area (Å²) in [6, 6.07) is 5.93. The summed E-state index contributed by atoms with van der Waals surface area (Å²) in [5.74, 6) is -0.508. The molecule has 2 aliphatic heterocycles. The van der Waals surface area contributed by atoms with Gasteiger partial charge in [-0.1, -0.05) is 51.5 Å². The number of carbonyl (C=O) groups excluding carboxylic acids is 1. The normalized spacial score (nSPS) is 21.8. The molecule has 2 heterocycles. The SMILES string of the molecule is CC=CC(C)(C)C[C@H]1C(C(=O)O)[C@@H](c2ccc3c(c2)CCO3)CN1CC(=O)N(CCCC)CCC[N+](C)(C)C. The smallest absolute Gasteiger partial charge is 0.308 e. The Labute approximate surface area is 236 Å². The molecule has 7 nitrogen and oxygen atoms in total. The molecule has 1 aromatic carbocycles. The number of hydrogen-bond acceptors (Lipinski definition) is 4. The zero-order chi connectivity index (χ0) is 28.8. The molecular formula is C32H52N3O4+. The van der Waals surface area contributed by atoms with Crippen LogP contribution in [0.1, 0.15) is 70.4 Å². The average molecular weight is 543 g/mol. The number of unbranched alkanes of at least 4 members (excludes halogenated alkanes) is 1. The lowest BCUT2D eigenvalue weighted by Gasteiger charge is -2.34. The van der Waals surface area contributed by atoms with Gasteiger partial charge in [-0.15, -0.1) is 0 Å². The van der Waals surface area contributed by atoms with Gasteiger partial charge in [0.1, 0.15) is 5.75 Å². The van der Waals surface area contributed by atoms with Gasteiger partial charge in [0, 0.05) is 44.4 Å². The van der Waals surface area contributed by atoms with E-state index in [1.54, 1.807) is 0 Å². The number of carbonyl (C=O) groups is 2. The highest BCUT2D eigenvalue weighted by atomic mass is 16.5.